The molecule has 0 amide bonds. The zero-order chi connectivity index (χ0) is 18.8. The van der Waals surface area contributed by atoms with Crippen molar-refractivity contribution in [3.63, 3.8) is 0 Å². The molecule has 2 aliphatic rings. The largest absolute Gasteiger partial charge is 0.497 e. The second-order valence-electron chi connectivity index (χ2n) is 6.66. The van der Waals surface area contributed by atoms with E-state index in [2.05, 4.69) is 5.32 Å². The minimum atomic E-state index is -0.321. The van der Waals surface area contributed by atoms with Gasteiger partial charge in [-0.05, 0) is 42.3 Å². The van der Waals surface area contributed by atoms with Crippen LogP contribution in [-0.4, -0.2) is 33.0 Å². The van der Waals surface area contributed by atoms with Gasteiger partial charge in [0, 0.05) is 18.5 Å². The molecule has 3 atom stereocenters. The van der Waals surface area contributed by atoms with Crippen LogP contribution in [0.2, 0.25) is 0 Å². The summed E-state index contributed by atoms with van der Waals surface area (Å²) < 4.78 is 21.6. The molecule has 4 rings (SSSR count). The number of nitrogens with one attached hydrogen (secondary N) is 1. The highest BCUT2D eigenvalue weighted by atomic mass is 16.7. The van der Waals surface area contributed by atoms with E-state index in [1.54, 1.807) is 7.11 Å². The summed E-state index contributed by atoms with van der Waals surface area (Å²) in [5, 5.41) is 3.50. The fraction of sp³-hybridized carbons (Fsp3) is 0.381. The lowest BCUT2D eigenvalue weighted by molar-refractivity contribution is -0.148. The van der Waals surface area contributed by atoms with E-state index in [-0.39, 0.29) is 30.6 Å². The molecule has 0 aromatic heterocycles. The van der Waals surface area contributed by atoms with Gasteiger partial charge in [-0.1, -0.05) is 18.2 Å². The highest BCUT2D eigenvalue weighted by Crippen LogP contribution is 2.43. The number of methoxy groups -OCH3 is 1. The Labute approximate surface area is 158 Å². The van der Waals surface area contributed by atoms with Crippen molar-refractivity contribution in [2.75, 3.05) is 27.1 Å². The first kappa shape index (κ1) is 17.7. The Hall–Kier alpha value is -2.73. The lowest BCUT2D eigenvalue weighted by atomic mass is 9.83. The summed E-state index contributed by atoms with van der Waals surface area (Å²) in [5.41, 5.74) is 2.08. The van der Waals surface area contributed by atoms with E-state index in [1.165, 1.54) is 0 Å². The molecule has 1 N–H and O–H groups in total. The quantitative estimate of drug-likeness (QED) is 0.818. The summed E-state index contributed by atoms with van der Waals surface area (Å²) in [6, 6.07) is 13.6. The average molecular weight is 369 g/mol. The van der Waals surface area contributed by atoms with Crippen LogP contribution >= 0.6 is 0 Å². The van der Waals surface area contributed by atoms with Crippen molar-refractivity contribution in [3.05, 3.63) is 53.6 Å². The molecule has 6 heteroatoms. The molecule has 142 valence electrons. The van der Waals surface area contributed by atoms with Crippen LogP contribution in [-0.2, 0) is 9.53 Å². The molecular formula is C21H23NO5. The molecule has 0 spiro atoms. The fourth-order valence-corrected chi connectivity index (χ4v) is 3.88. The first-order valence-corrected chi connectivity index (χ1v) is 9.14. The second-order valence-corrected chi connectivity index (χ2v) is 6.66. The summed E-state index contributed by atoms with van der Waals surface area (Å²) >= 11 is 0. The monoisotopic (exact) mass is 369 g/mol. The SMILES string of the molecule is CCOC(=O)[C@@H]1C(c2ccc3c(c2)OCO3)CNC1c1ccc(OC)cc1. The van der Waals surface area contributed by atoms with Gasteiger partial charge in [-0.2, -0.15) is 0 Å². The minimum Gasteiger partial charge on any atom is -0.497 e. The highest BCUT2D eigenvalue weighted by molar-refractivity contribution is 5.76. The smallest absolute Gasteiger partial charge is 0.311 e. The number of hydrogen-bond donors (Lipinski definition) is 1. The molecule has 2 aliphatic heterocycles. The summed E-state index contributed by atoms with van der Waals surface area (Å²) in [6.07, 6.45) is 0. The van der Waals surface area contributed by atoms with Crippen molar-refractivity contribution >= 4 is 5.97 Å². The van der Waals surface area contributed by atoms with Crippen LogP contribution < -0.4 is 19.5 Å². The summed E-state index contributed by atoms with van der Waals surface area (Å²) in [5.74, 6) is 1.74. The van der Waals surface area contributed by atoms with Crippen molar-refractivity contribution in [1.29, 1.82) is 0 Å². The van der Waals surface area contributed by atoms with Gasteiger partial charge >= 0.3 is 5.97 Å². The van der Waals surface area contributed by atoms with Crippen LogP contribution in [0.4, 0.5) is 0 Å². The molecule has 2 heterocycles. The predicted octanol–water partition coefficient (Wildman–Crippen LogP) is 3.03. The Kier molecular flexibility index (Phi) is 4.90. The lowest BCUT2D eigenvalue weighted by Gasteiger charge is -2.23. The second kappa shape index (κ2) is 7.48. The maximum atomic E-state index is 12.8. The van der Waals surface area contributed by atoms with Crippen molar-refractivity contribution in [3.8, 4) is 17.2 Å². The zero-order valence-electron chi connectivity index (χ0n) is 15.4. The van der Waals surface area contributed by atoms with E-state index in [0.29, 0.717) is 13.2 Å². The maximum Gasteiger partial charge on any atom is 0.311 e. The molecular weight excluding hydrogens is 346 g/mol. The standard InChI is InChI=1S/C21H23NO5/c1-3-25-21(23)19-16(14-6-9-17-18(10-14)27-12-26-17)11-22-20(19)13-4-7-15(24-2)8-5-13/h4-10,16,19-20,22H,3,11-12H2,1-2H3/t16?,19-,20?/m1/s1. The number of rotatable bonds is 5. The molecule has 2 aromatic rings. The molecule has 0 bridgehead atoms. The molecule has 2 unspecified atom stereocenters. The van der Waals surface area contributed by atoms with Crippen LogP contribution in [0.25, 0.3) is 0 Å². The first-order valence-electron chi connectivity index (χ1n) is 9.14. The van der Waals surface area contributed by atoms with Crippen LogP contribution in [0, 0.1) is 5.92 Å². The number of benzene rings is 2. The molecule has 1 fully saturated rings. The zero-order valence-corrected chi connectivity index (χ0v) is 15.4. The van der Waals surface area contributed by atoms with E-state index < -0.39 is 0 Å². The van der Waals surface area contributed by atoms with Crippen LogP contribution in [0.5, 0.6) is 17.2 Å². The first-order chi connectivity index (χ1) is 13.2. The molecule has 1 saturated heterocycles. The number of hydrogen-bond acceptors (Lipinski definition) is 6. The van der Waals surface area contributed by atoms with E-state index in [9.17, 15) is 4.79 Å². The third-order valence-electron chi connectivity index (χ3n) is 5.21. The fourth-order valence-electron chi connectivity index (χ4n) is 3.88. The molecule has 2 aromatic carbocycles. The van der Waals surface area contributed by atoms with Gasteiger partial charge in [0.1, 0.15) is 5.75 Å². The Balaban J connectivity index is 1.66. The average Bonchev–Trinajstić information content (AvgIpc) is 3.34. The van der Waals surface area contributed by atoms with Gasteiger partial charge < -0.3 is 24.3 Å². The van der Waals surface area contributed by atoms with Gasteiger partial charge in [-0.15, -0.1) is 0 Å². The Morgan fingerprint density at radius 2 is 1.85 bits per heavy atom. The minimum absolute atomic E-state index is 0.00866. The van der Waals surface area contributed by atoms with Crippen LogP contribution in [0.3, 0.4) is 0 Å². The summed E-state index contributed by atoms with van der Waals surface area (Å²) in [4.78, 5) is 12.8. The number of fused-ring (bicyclic) bond motifs is 1. The lowest BCUT2D eigenvalue weighted by Crippen LogP contribution is -2.27. The number of esters is 1. The van der Waals surface area contributed by atoms with E-state index in [4.69, 9.17) is 18.9 Å². The van der Waals surface area contributed by atoms with Gasteiger partial charge in [-0.25, -0.2) is 0 Å². The Morgan fingerprint density at radius 3 is 2.59 bits per heavy atom. The van der Waals surface area contributed by atoms with Gasteiger partial charge in [-0.3, -0.25) is 4.79 Å². The molecule has 27 heavy (non-hydrogen) atoms. The van der Waals surface area contributed by atoms with E-state index in [1.807, 2.05) is 49.4 Å². The predicted molar refractivity (Wildman–Crippen MR) is 99.2 cm³/mol. The van der Waals surface area contributed by atoms with Gasteiger partial charge in [0.05, 0.1) is 19.6 Å². The molecule has 0 saturated carbocycles. The molecule has 6 nitrogen and oxygen atoms in total. The molecule has 0 radical (unpaired) electrons. The highest BCUT2D eigenvalue weighted by Gasteiger charge is 2.43. The van der Waals surface area contributed by atoms with Crippen LogP contribution in [0.1, 0.15) is 30.0 Å². The van der Waals surface area contributed by atoms with Gasteiger partial charge in [0.25, 0.3) is 0 Å². The number of ether oxygens (including phenoxy) is 4. The van der Waals surface area contributed by atoms with Crippen molar-refractivity contribution in [2.45, 2.75) is 18.9 Å². The summed E-state index contributed by atoms with van der Waals surface area (Å²) in [6.45, 7) is 3.11. The summed E-state index contributed by atoms with van der Waals surface area (Å²) in [7, 11) is 1.64. The van der Waals surface area contributed by atoms with Crippen molar-refractivity contribution in [2.24, 2.45) is 5.92 Å². The van der Waals surface area contributed by atoms with Crippen molar-refractivity contribution in [1.82, 2.24) is 5.32 Å². The normalized spacial score (nSPS) is 23.3. The third kappa shape index (κ3) is 3.32. The van der Waals surface area contributed by atoms with E-state index in [0.717, 1.165) is 28.4 Å². The number of carbonyl (C=O) groups excluding carboxylic acids is 1. The van der Waals surface area contributed by atoms with E-state index >= 15 is 0 Å². The Bertz CT molecular complexity index is 820. The topological polar surface area (TPSA) is 66.0 Å². The van der Waals surface area contributed by atoms with Crippen molar-refractivity contribution < 1.29 is 23.7 Å². The van der Waals surface area contributed by atoms with Crippen LogP contribution in [0.15, 0.2) is 42.5 Å². The van der Waals surface area contributed by atoms with Gasteiger partial charge in [0.15, 0.2) is 11.5 Å². The molecule has 0 aliphatic carbocycles. The Morgan fingerprint density at radius 1 is 1.11 bits per heavy atom. The maximum absolute atomic E-state index is 12.8. The van der Waals surface area contributed by atoms with Gasteiger partial charge in [0.2, 0.25) is 6.79 Å². The number of carbonyl (C=O) groups is 1. The third-order valence-corrected chi connectivity index (χ3v) is 5.21.